The van der Waals surface area contributed by atoms with Gasteiger partial charge in [-0.1, -0.05) is 72.8 Å². The van der Waals surface area contributed by atoms with Crippen molar-refractivity contribution in [1.82, 2.24) is 0 Å². The van der Waals surface area contributed by atoms with Gasteiger partial charge in [-0.05, 0) is 11.1 Å². The van der Waals surface area contributed by atoms with E-state index in [1.165, 1.54) is 0 Å². The van der Waals surface area contributed by atoms with Crippen LogP contribution in [0.5, 0.6) is 0 Å². The van der Waals surface area contributed by atoms with Crippen LogP contribution in [0, 0.1) is 0 Å². The fourth-order valence-electron chi connectivity index (χ4n) is 1.95. The molecule has 0 aliphatic carbocycles. The van der Waals surface area contributed by atoms with Gasteiger partial charge in [-0.3, -0.25) is 0 Å². The monoisotopic (exact) mass is 267 g/mol. The van der Waals surface area contributed by atoms with Crippen LogP contribution in [0.25, 0.3) is 6.08 Å². The lowest BCUT2D eigenvalue weighted by atomic mass is 10.1. The van der Waals surface area contributed by atoms with Gasteiger partial charge in [0, 0.05) is 6.42 Å². The quantitative estimate of drug-likeness (QED) is 0.892. The van der Waals surface area contributed by atoms with Gasteiger partial charge in [-0.25, -0.2) is 4.79 Å². The van der Waals surface area contributed by atoms with E-state index in [-0.39, 0.29) is 6.10 Å². The highest BCUT2D eigenvalue weighted by Crippen LogP contribution is 2.22. The highest BCUT2D eigenvalue weighted by Gasteiger charge is 2.12. The summed E-state index contributed by atoms with van der Waals surface area (Å²) in [4.78, 5) is 11.0. The fraction of sp³-hybridized carbons (Fsp3) is 0.118. The number of amides is 1. The van der Waals surface area contributed by atoms with E-state index in [2.05, 4.69) is 0 Å². The Balaban J connectivity index is 2.05. The summed E-state index contributed by atoms with van der Waals surface area (Å²) in [6, 6.07) is 19.6. The van der Waals surface area contributed by atoms with E-state index in [0.29, 0.717) is 6.42 Å². The molecule has 0 aromatic heterocycles. The Morgan fingerprint density at radius 1 is 1.05 bits per heavy atom. The van der Waals surface area contributed by atoms with Crippen LogP contribution >= 0.6 is 0 Å². The van der Waals surface area contributed by atoms with Gasteiger partial charge in [0.25, 0.3) is 0 Å². The molecule has 1 atom stereocenters. The minimum Gasteiger partial charge on any atom is -0.441 e. The second-order valence-electron chi connectivity index (χ2n) is 4.38. The number of carbonyl (C=O) groups excluding carboxylic acids is 1. The first kappa shape index (κ1) is 13.9. The van der Waals surface area contributed by atoms with Crippen molar-refractivity contribution in [2.24, 2.45) is 5.73 Å². The standard InChI is InChI=1S/C17H17NO2/c18-17(19)20-16(15-11-5-2-6-12-15)13-7-10-14-8-3-1-4-9-14/h1-12,16H,13H2,(H2,18,19). The van der Waals surface area contributed by atoms with Crippen molar-refractivity contribution in [3.8, 4) is 0 Å². The number of benzene rings is 2. The third-order valence-corrected chi connectivity index (χ3v) is 2.89. The molecule has 1 amide bonds. The lowest BCUT2D eigenvalue weighted by Crippen LogP contribution is -2.17. The summed E-state index contributed by atoms with van der Waals surface area (Å²) in [5.41, 5.74) is 7.17. The largest absolute Gasteiger partial charge is 0.441 e. The molecule has 2 aromatic rings. The van der Waals surface area contributed by atoms with Gasteiger partial charge in [0.1, 0.15) is 6.10 Å². The summed E-state index contributed by atoms with van der Waals surface area (Å²) >= 11 is 0. The SMILES string of the molecule is NC(=O)OC(CC=Cc1ccccc1)c1ccccc1. The zero-order chi connectivity index (χ0) is 14.2. The van der Waals surface area contributed by atoms with Crippen LogP contribution in [0.4, 0.5) is 4.79 Å². The molecule has 0 heterocycles. The summed E-state index contributed by atoms with van der Waals surface area (Å²) in [7, 11) is 0. The van der Waals surface area contributed by atoms with E-state index < -0.39 is 6.09 Å². The first-order valence-electron chi connectivity index (χ1n) is 6.48. The second-order valence-corrected chi connectivity index (χ2v) is 4.38. The summed E-state index contributed by atoms with van der Waals surface area (Å²) < 4.78 is 5.16. The topological polar surface area (TPSA) is 52.3 Å². The van der Waals surface area contributed by atoms with Crippen molar-refractivity contribution in [3.05, 3.63) is 77.9 Å². The molecule has 0 radical (unpaired) electrons. The van der Waals surface area contributed by atoms with Crippen LogP contribution in [-0.2, 0) is 4.74 Å². The zero-order valence-electron chi connectivity index (χ0n) is 11.1. The lowest BCUT2D eigenvalue weighted by Gasteiger charge is -2.15. The average molecular weight is 267 g/mol. The predicted octanol–water partition coefficient (Wildman–Crippen LogP) is 3.93. The summed E-state index contributed by atoms with van der Waals surface area (Å²) in [6.45, 7) is 0. The molecular weight excluding hydrogens is 250 g/mol. The fourth-order valence-corrected chi connectivity index (χ4v) is 1.95. The van der Waals surface area contributed by atoms with E-state index in [4.69, 9.17) is 10.5 Å². The Morgan fingerprint density at radius 2 is 1.65 bits per heavy atom. The van der Waals surface area contributed by atoms with Crippen molar-refractivity contribution in [3.63, 3.8) is 0 Å². The van der Waals surface area contributed by atoms with Gasteiger partial charge in [0.05, 0.1) is 0 Å². The predicted molar refractivity (Wildman–Crippen MR) is 79.9 cm³/mol. The van der Waals surface area contributed by atoms with Crippen LogP contribution < -0.4 is 5.73 Å². The normalized spacial score (nSPS) is 12.2. The smallest absolute Gasteiger partial charge is 0.405 e. The van der Waals surface area contributed by atoms with E-state index >= 15 is 0 Å². The zero-order valence-corrected chi connectivity index (χ0v) is 11.1. The molecule has 0 saturated carbocycles. The second kappa shape index (κ2) is 7.14. The molecule has 0 aliphatic heterocycles. The first-order chi connectivity index (χ1) is 9.75. The summed E-state index contributed by atoms with van der Waals surface area (Å²) in [5, 5.41) is 0. The molecule has 2 aromatic carbocycles. The van der Waals surface area contributed by atoms with Gasteiger partial charge in [-0.15, -0.1) is 0 Å². The van der Waals surface area contributed by atoms with Gasteiger partial charge >= 0.3 is 6.09 Å². The number of rotatable bonds is 5. The van der Waals surface area contributed by atoms with Gasteiger partial charge < -0.3 is 10.5 Å². The number of ether oxygens (including phenoxy) is 1. The minimum absolute atomic E-state index is 0.353. The number of primary amides is 1. The van der Waals surface area contributed by atoms with Crippen molar-refractivity contribution < 1.29 is 9.53 Å². The van der Waals surface area contributed by atoms with E-state index in [9.17, 15) is 4.79 Å². The van der Waals surface area contributed by atoms with Crippen LogP contribution in [-0.4, -0.2) is 6.09 Å². The molecule has 0 spiro atoms. The molecule has 1 unspecified atom stereocenters. The maximum absolute atomic E-state index is 11.0. The Kier molecular flexibility index (Phi) is 4.95. The summed E-state index contributed by atoms with van der Waals surface area (Å²) in [6.07, 6.45) is 3.46. The Bertz CT molecular complexity index is 564. The van der Waals surface area contributed by atoms with Gasteiger partial charge in [0.15, 0.2) is 0 Å². The van der Waals surface area contributed by atoms with Gasteiger partial charge in [0.2, 0.25) is 0 Å². The molecule has 0 saturated heterocycles. The molecule has 3 heteroatoms. The van der Waals surface area contributed by atoms with Crippen LogP contribution in [0.1, 0.15) is 23.7 Å². The summed E-state index contributed by atoms with van der Waals surface area (Å²) in [5.74, 6) is 0. The first-order valence-corrected chi connectivity index (χ1v) is 6.48. The maximum Gasteiger partial charge on any atom is 0.405 e. The molecule has 0 bridgehead atoms. The van der Waals surface area contributed by atoms with Crippen LogP contribution in [0.2, 0.25) is 0 Å². The highest BCUT2D eigenvalue weighted by molar-refractivity contribution is 5.65. The molecule has 2 rings (SSSR count). The Hall–Kier alpha value is -2.55. The molecule has 0 fully saturated rings. The lowest BCUT2D eigenvalue weighted by molar-refractivity contribution is 0.108. The molecule has 3 nitrogen and oxygen atoms in total. The van der Waals surface area contributed by atoms with E-state index in [1.54, 1.807) is 0 Å². The molecule has 2 N–H and O–H groups in total. The van der Waals surface area contributed by atoms with Crippen LogP contribution in [0.15, 0.2) is 66.7 Å². The van der Waals surface area contributed by atoms with Crippen LogP contribution in [0.3, 0.4) is 0 Å². The van der Waals surface area contributed by atoms with Crippen molar-refractivity contribution >= 4 is 12.2 Å². The van der Waals surface area contributed by atoms with Crippen molar-refractivity contribution in [2.75, 3.05) is 0 Å². The number of carbonyl (C=O) groups is 1. The molecule has 20 heavy (non-hydrogen) atoms. The number of hydrogen-bond acceptors (Lipinski definition) is 2. The highest BCUT2D eigenvalue weighted by atomic mass is 16.6. The maximum atomic E-state index is 11.0. The van der Waals surface area contributed by atoms with E-state index in [1.807, 2.05) is 72.8 Å². The van der Waals surface area contributed by atoms with Gasteiger partial charge in [-0.2, -0.15) is 0 Å². The molecule has 0 aliphatic rings. The minimum atomic E-state index is -0.757. The average Bonchev–Trinajstić information content (AvgIpc) is 2.48. The van der Waals surface area contributed by atoms with E-state index in [0.717, 1.165) is 11.1 Å². The molecule has 102 valence electrons. The number of hydrogen-bond donors (Lipinski definition) is 1. The third kappa shape index (κ3) is 4.28. The Labute approximate surface area is 118 Å². The Morgan fingerprint density at radius 3 is 2.25 bits per heavy atom. The number of nitrogens with two attached hydrogens (primary N) is 1. The van der Waals surface area contributed by atoms with Crippen molar-refractivity contribution in [1.29, 1.82) is 0 Å². The molecular formula is C17H17NO2. The third-order valence-electron chi connectivity index (χ3n) is 2.89. The van der Waals surface area contributed by atoms with Crippen molar-refractivity contribution in [2.45, 2.75) is 12.5 Å².